The summed E-state index contributed by atoms with van der Waals surface area (Å²) in [5.41, 5.74) is 0.515. The Morgan fingerprint density at radius 1 is 1.39 bits per heavy atom. The van der Waals surface area contributed by atoms with Crippen LogP contribution in [0.3, 0.4) is 0 Å². The van der Waals surface area contributed by atoms with Crippen molar-refractivity contribution in [3.8, 4) is 0 Å². The van der Waals surface area contributed by atoms with Gasteiger partial charge >= 0.3 is 6.09 Å². The summed E-state index contributed by atoms with van der Waals surface area (Å²) in [7, 11) is 0. The lowest BCUT2D eigenvalue weighted by Gasteiger charge is -2.28. The van der Waals surface area contributed by atoms with E-state index in [2.05, 4.69) is 29.5 Å². The van der Waals surface area contributed by atoms with E-state index in [4.69, 9.17) is 9.57 Å². The van der Waals surface area contributed by atoms with E-state index in [1.807, 2.05) is 25.7 Å². The normalized spacial score (nSPS) is 30.3. The first-order valence-corrected chi connectivity index (χ1v) is 8.49. The highest BCUT2D eigenvalue weighted by Crippen LogP contribution is 2.30. The van der Waals surface area contributed by atoms with Crippen LogP contribution in [0.15, 0.2) is 29.5 Å². The number of ether oxygens (including phenoxy) is 1. The largest absolute Gasteiger partial charge is 0.444 e. The van der Waals surface area contributed by atoms with Gasteiger partial charge in [-0.2, -0.15) is 0 Å². The zero-order chi connectivity index (χ0) is 16.4. The molecule has 2 aliphatic heterocycles. The number of nitrogens with zero attached hydrogens (tertiary/aromatic N) is 2. The molecule has 0 bridgehead atoms. The van der Waals surface area contributed by atoms with Crippen LogP contribution in [0.25, 0.3) is 0 Å². The second kappa shape index (κ2) is 6.38. The maximum atomic E-state index is 12.4. The van der Waals surface area contributed by atoms with Gasteiger partial charge in [-0.1, -0.05) is 29.5 Å². The Morgan fingerprint density at radius 2 is 2.22 bits per heavy atom. The number of carbonyl (C=O) groups is 1. The number of allylic oxidation sites excluding steroid dienone is 3. The Kier molecular flexibility index (Phi) is 4.46. The van der Waals surface area contributed by atoms with Crippen molar-refractivity contribution < 1.29 is 14.4 Å². The minimum Gasteiger partial charge on any atom is -0.444 e. The highest BCUT2D eigenvalue weighted by molar-refractivity contribution is 5.93. The molecule has 126 valence electrons. The molecule has 3 atom stereocenters. The van der Waals surface area contributed by atoms with Crippen molar-refractivity contribution in [2.45, 2.75) is 64.2 Å². The summed E-state index contributed by atoms with van der Waals surface area (Å²) in [4.78, 5) is 19.9. The number of rotatable bonds is 2. The van der Waals surface area contributed by atoms with Gasteiger partial charge in [0.25, 0.3) is 0 Å². The van der Waals surface area contributed by atoms with Crippen molar-refractivity contribution >= 4 is 11.8 Å². The molecule has 1 fully saturated rings. The number of hydrogen-bond acceptors (Lipinski definition) is 4. The maximum absolute atomic E-state index is 12.4. The van der Waals surface area contributed by atoms with Crippen LogP contribution < -0.4 is 0 Å². The van der Waals surface area contributed by atoms with Gasteiger partial charge in [0.05, 0.1) is 11.8 Å². The van der Waals surface area contributed by atoms with Gasteiger partial charge in [0.2, 0.25) is 0 Å². The van der Waals surface area contributed by atoms with Crippen LogP contribution >= 0.6 is 0 Å². The molecule has 3 aliphatic rings. The van der Waals surface area contributed by atoms with Gasteiger partial charge in [-0.25, -0.2) is 4.79 Å². The van der Waals surface area contributed by atoms with Crippen molar-refractivity contribution in [1.29, 1.82) is 0 Å². The molecular formula is C18H26N2O3. The summed E-state index contributed by atoms with van der Waals surface area (Å²) in [6.07, 6.45) is 12.0. The van der Waals surface area contributed by atoms with Gasteiger partial charge in [0, 0.05) is 18.9 Å². The third kappa shape index (κ3) is 3.77. The quantitative estimate of drug-likeness (QED) is 0.780. The fraction of sp³-hybridized carbons (Fsp3) is 0.667. The number of likely N-dealkylation sites (tertiary alicyclic amines) is 1. The van der Waals surface area contributed by atoms with Crippen molar-refractivity contribution in [2.24, 2.45) is 11.1 Å². The number of amides is 1. The second-order valence-electron chi connectivity index (χ2n) is 7.47. The van der Waals surface area contributed by atoms with E-state index in [0.29, 0.717) is 5.92 Å². The third-order valence-electron chi connectivity index (χ3n) is 4.47. The van der Waals surface area contributed by atoms with E-state index in [0.717, 1.165) is 37.9 Å². The van der Waals surface area contributed by atoms with Gasteiger partial charge < -0.3 is 9.57 Å². The molecule has 0 N–H and O–H groups in total. The Hall–Kier alpha value is -1.78. The van der Waals surface area contributed by atoms with Gasteiger partial charge in [-0.3, -0.25) is 4.90 Å². The fourth-order valence-corrected chi connectivity index (χ4v) is 3.37. The molecule has 3 rings (SSSR count). The summed E-state index contributed by atoms with van der Waals surface area (Å²) in [6, 6.07) is 0.0259. The Bertz CT molecular complexity index is 545. The number of hydrogen-bond donors (Lipinski definition) is 0. The average molecular weight is 318 g/mol. The average Bonchev–Trinajstić information content (AvgIpc) is 3.15. The SMILES string of the molecule is CC(C)(C)OC(=O)N1CCC[C@@H]1C1=NOC(C2C=CC=CC2)C1. The summed E-state index contributed by atoms with van der Waals surface area (Å²) in [6.45, 7) is 6.41. The third-order valence-corrected chi connectivity index (χ3v) is 4.47. The predicted molar refractivity (Wildman–Crippen MR) is 89.3 cm³/mol. The molecule has 2 heterocycles. The van der Waals surface area contributed by atoms with Crippen LogP contribution in [0.5, 0.6) is 0 Å². The Labute approximate surface area is 138 Å². The van der Waals surface area contributed by atoms with Crippen LogP contribution in [0.2, 0.25) is 0 Å². The predicted octanol–water partition coefficient (Wildman–Crippen LogP) is 3.66. The highest BCUT2D eigenvalue weighted by Gasteiger charge is 2.39. The van der Waals surface area contributed by atoms with Crippen molar-refractivity contribution in [3.63, 3.8) is 0 Å². The Morgan fingerprint density at radius 3 is 2.91 bits per heavy atom. The summed E-state index contributed by atoms with van der Waals surface area (Å²) in [5.74, 6) is 0.373. The van der Waals surface area contributed by atoms with Crippen LogP contribution in [-0.2, 0) is 9.57 Å². The van der Waals surface area contributed by atoms with Crippen molar-refractivity contribution in [3.05, 3.63) is 24.3 Å². The first kappa shape index (κ1) is 16.1. The van der Waals surface area contributed by atoms with E-state index in [-0.39, 0.29) is 18.2 Å². The second-order valence-corrected chi connectivity index (χ2v) is 7.47. The summed E-state index contributed by atoms with van der Waals surface area (Å²) in [5, 5.41) is 4.31. The molecule has 1 amide bonds. The van der Waals surface area contributed by atoms with Crippen LogP contribution in [0, 0.1) is 5.92 Å². The van der Waals surface area contributed by atoms with Crippen molar-refractivity contribution in [1.82, 2.24) is 4.90 Å². The molecular weight excluding hydrogens is 292 g/mol. The number of carbonyl (C=O) groups excluding carboxylic acids is 1. The molecule has 5 heteroatoms. The van der Waals surface area contributed by atoms with Crippen LogP contribution in [-0.4, -0.2) is 41.0 Å². The van der Waals surface area contributed by atoms with Crippen molar-refractivity contribution in [2.75, 3.05) is 6.54 Å². The molecule has 1 saturated heterocycles. The van der Waals surface area contributed by atoms with Gasteiger partial charge in [-0.15, -0.1) is 0 Å². The molecule has 0 aromatic carbocycles. The van der Waals surface area contributed by atoms with Gasteiger partial charge in [0.15, 0.2) is 0 Å². The van der Waals surface area contributed by atoms with E-state index in [1.54, 1.807) is 0 Å². The molecule has 2 unspecified atom stereocenters. The first-order valence-electron chi connectivity index (χ1n) is 8.49. The van der Waals surface area contributed by atoms with Crippen LogP contribution in [0.1, 0.15) is 46.5 Å². The smallest absolute Gasteiger partial charge is 0.410 e. The molecule has 0 spiro atoms. The standard InChI is InChI=1S/C18H26N2O3/c1-18(2,3)22-17(21)20-11-7-10-15(20)14-12-16(23-19-14)13-8-5-4-6-9-13/h4-6,8,13,15-16H,7,9-12H2,1-3H3/t13?,15-,16?/m1/s1. The Balaban J connectivity index is 1.61. The van der Waals surface area contributed by atoms with E-state index >= 15 is 0 Å². The lowest BCUT2D eigenvalue weighted by atomic mass is 9.90. The first-order chi connectivity index (χ1) is 10.9. The number of oxime groups is 1. The van der Waals surface area contributed by atoms with Gasteiger partial charge in [-0.05, 0) is 40.0 Å². The van der Waals surface area contributed by atoms with E-state index in [9.17, 15) is 4.79 Å². The van der Waals surface area contributed by atoms with E-state index in [1.165, 1.54) is 0 Å². The molecule has 0 aromatic rings. The molecule has 0 saturated carbocycles. The molecule has 23 heavy (non-hydrogen) atoms. The monoisotopic (exact) mass is 318 g/mol. The lowest BCUT2D eigenvalue weighted by molar-refractivity contribution is 0.0265. The zero-order valence-electron chi connectivity index (χ0n) is 14.2. The molecule has 1 aliphatic carbocycles. The fourth-order valence-electron chi connectivity index (χ4n) is 3.37. The molecule has 0 radical (unpaired) electrons. The minimum absolute atomic E-state index is 0.0259. The summed E-state index contributed by atoms with van der Waals surface area (Å²) < 4.78 is 5.53. The van der Waals surface area contributed by atoms with Crippen LogP contribution in [0.4, 0.5) is 4.79 Å². The molecule has 5 nitrogen and oxygen atoms in total. The summed E-state index contributed by atoms with van der Waals surface area (Å²) >= 11 is 0. The minimum atomic E-state index is -0.472. The maximum Gasteiger partial charge on any atom is 0.410 e. The zero-order valence-corrected chi connectivity index (χ0v) is 14.2. The highest BCUT2D eigenvalue weighted by atomic mass is 16.6. The van der Waals surface area contributed by atoms with E-state index < -0.39 is 5.60 Å². The van der Waals surface area contributed by atoms with Gasteiger partial charge in [0.1, 0.15) is 11.7 Å². The molecule has 0 aromatic heterocycles. The lowest BCUT2D eigenvalue weighted by Crippen LogP contribution is -2.43. The topological polar surface area (TPSA) is 51.1 Å².